The lowest BCUT2D eigenvalue weighted by molar-refractivity contribution is 0.109. The van der Waals surface area contributed by atoms with Crippen molar-refractivity contribution in [3.63, 3.8) is 0 Å². The molecule has 82 valence electrons. The molecule has 0 saturated heterocycles. The van der Waals surface area contributed by atoms with Gasteiger partial charge in [0.1, 0.15) is 18.1 Å². The van der Waals surface area contributed by atoms with Crippen LogP contribution in [0.25, 0.3) is 0 Å². The number of furan rings is 1. The first kappa shape index (κ1) is 10.8. The Hall–Kier alpha value is -1.74. The average Bonchev–Trinajstić information content (AvgIpc) is 2.74. The summed E-state index contributed by atoms with van der Waals surface area (Å²) in [7, 11) is 0. The summed E-state index contributed by atoms with van der Waals surface area (Å²) in [5.74, 6) is 1.56. The molecule has 0 atom stereocenters. The SMILES string of the molecule is O=Cc1ccc(COc2cccc(Cl)c2)o1. The van der Waals surface area contributed by atoms with Crippen molar-refractivity contribution >= 4 is 17.9 Å². The van der Waals surface area contributed by atoms with Crippen LogP contribution in [-0.4, -0.2) is 6.29 Å². The van der Waals surface area contributed by atoms with Gasteiger partial charge in [-0.3, -0.25) is 4.79 Å². The topological polar surface area (TPSA) is 39.4 Å². The fourth-order valence-corrected chi connectivity index (χ4v) is 1.43. The maximum absolute atomic E-state index is 10.4. The average molecular weight is 237 g/mol. The molecule has 0 aliphatic carbocycles. The van der Waals surface area contributed by atoms with Crippen LogP contribution in [0.1, 0.15) is 16.3 Å². The van der Waals surface area contributed by atoms with Gasteiger partial charge < -0.3 is 9.15 Å². The zero-order chi connectivity index (χ0) is 11.4. The van der Waals surface area contributed by atoms with E-state index in [4.69, 9.17) is 20.8 Å². The van der Waals surface area contributed by atoms with Crippen LogP contribution in [0.15, 0.2) is 40.8 Å². The predicted octanol–water partition coefficient (Wildman–Crippen LogP) is 3.32. The smallest absolute Gasteiger partial charge is 0.185 e. The van der Waals surface area contributed by atoms with E-state index < -0.39 is 0 Å². The molecule has 4 heteroatoms. The third-order valence-corrected chi connectivity index (χ3v) is 2.21. The molecule has 2 rings (SSSR count). The van der Waals surface area contributed by atoms with E-state index in [0.717, 1.165) is 0 Å². The Labute approximate surface area is 97.6 Å². The Balaban J connectivity index is 1.99. The monoisotopic (exact) mass is 236 g/mol. The second kappa shape index (κ2) is 4.86. The highest BCUT2D eigenvalue weighted by molar-refractivity contribution is 6.30. The molecule has 0 unspecified atom stereocenters. The van der Waals surface area contributed by atoms with E-state index in [-0.39, 0.29) is 6.61 Å². The van der Waals surface area contributed by atoms with Gasteiger partial charge >= 0.3 is 0 Å². The number of hydrogen-bond acceptors (Lipinski definition) is 3. The molecule has 0 aliphatic rings. The van der Waals surface area contributed by atoms with Crippen molar-refractivity contribution in [3.05, 3.63) is 52.9 Å². The third kappa shape index (κ3) is 2.64. The molecule has 1 heterocycles. The summed E-state index contributed by atoms with van der Waals surface area (Å²) in [5.41, 5.74) is 0. The quantitative estimate of drug-likeness (QED) is 0.765. The summed E-state index contributed by atoms with van der Waals surface area (Å²) < 4.78 is 10.6. The maximum atomic E-state index is 10.4. The molecular formula is C12H9ClO3. The van der Waals surface area contributed by atoms with Crippen molar-refractivity contribution in [2.45, 2.75) is 6.61 Å². The molecule has 0 bridgehead atoms. The number of aldehydes is 1. The summed E-state index contributed by atoms with van der Waals surface area (Å²) in [6, 6.07) is 10.4. The van der Waals surface area contributed by atoms with Gasteiger partial charge in [-0.2, -0.15) is 0 Å². The van der Waals surface area contributed by atoms with Crippen molar-refractivity contribution in [2.24, 2.45) is 0 Å². The number of benzene rings is 1. The first-order chi connectivity index (χ1) is 7.78. The molecule has 0 saturated carbocycles. The zero-order valence-corrected chi connectivity index (χ0v) is 9.11. The number of ether oxygens (including phenoxy) is 1. The van der Waals surface area contributed by atoms with Gasteiger partial charge in [-0.05, 0) is 30.3 Å². The van der Waals surface area contributed by atoms with Gasteiger partial charge in [-0.15, -0.1) is 0 Å². The van der Waals surface area contributed by atoms with E-state index in [0.29, 0.717) is 28.6 Å². The molecule has 0 spiro atoms. The number of carbonyl (C=O) groups excluding carboxylic acids is 1. The van der Waals surface area contributed by atoms with Crippen LogP contribution in [0.3, 0.4) is 0 Å². The highest BCUT2D eigenvalue weighted by Gasteiger charge is 2.02. The lowest BCUT2D eigenvalue weighted by atomic mass is 10.3. The Kier molecular flexibility index (Phi) is 3.27. The summed E-state index contributed by atoms with van der Waals surface area (Å²) in [6.07, 6.45) is 0.656. The molecule has 0 aliphatic heterocycles. The molecule has 3 nitrogen and oxygen atoms in total. The fraction of sp³-hybridized carbons (Fsp3) is 0.0833. The van der Waals surface area contributed by atoms with E-state index in [1.165, 1.54) is 0 Å². The van der Waals surface area contributed by atoms with Crippen LogP contribution < -0.4 is 4.74 Å². The van der Waals surface area contributed by atoms with Crippen molar-refractivity contribution in [1.82, 2.24) is 0 Å². The van der Waals surface area contributed by atoms with Crippen LogP contribution in [0.2, 0.25) is 5.02 Å². The van der Waals surface area contributed by atoms with Crippen molar-refractivity contribution < 1.29 is 13.9 Å². The van der Waals surface area contributed by atoms with Crippen molar-refractivity contribution in [2.75, 3.05) is 0 Å². The number of carbonyl (C=O) groups is 1. The molecule has 1 aromatic carbocycles. The molecule has 1 aromatic heterocycles. The predicted molar refractivity (Wildman–Crippen MR) is 59.9 cm³/mol. The van der Waals surface area contributed by atoms with Crippen LogP contribution >= 0.6 is 11.6 Å². The van der Waals surface area contributed by atoms with Gasteiger partial charge in [0.25, 0.3) is 0 Å². The van der Waals surface area contributed by atoms with E-state index >= 15 is 0 Å². The van der Waals surface area contributed by atoms with Crippen LogP contribution in [0.4, 0.5) is 0 Å². The maximum Gasteiger partial charge on any atom is 0.185 e. The molecule has 16 heavy (non-hydrogen) atoms. The van der Waals surface area contributed by atoms with E-state index in [9.17, 15) is 4.79 Å². The Morgan fingerprint density at radius 3 is 2.88 bits per heavy atom. The van der Waals surface area contributed by atoms with E-state index in [2.05, 4.69) is 0 Å². The molecule has 0 N–H and O–H groups in total. The van der Waals surface area contributed by atoms with Crippen molar-refractivity contribution in [1.29, 1.82) is 0 Å². The van der Waals surface area contributed by atoms with Gasteiger partial charge in [0, 0.05) is 5.02 Å². The minimum atomic E-state index is 0.272. The zero-order valence-electron chi connectivity index (χ0n) is 8.35. The fourth-order valence-electron chi connectivity index (χ4n) is 1.25. The minimum absolute atomic E-state index is 0.272. The minimum Gasteiger partial charge on any atom is -0.486 e. The van der Waals surface area contributed by atoms with Crippen LogP contribution in [-0.2, 0) is 6.61 Å². The second-order valence-electron chi connectivity index (χ2n) is 3.17. The van der Waals surface area contributed by atoms with Crippen LogP contribution in [0, 0.1) is 0 Å². The first-order valence-electron chi connectivity index (χ1n) is 4.70. The van der Waals surface area contributed by atoms with Gasteiger partial charge in [0.2, 0.25) is 0 Å². The molecule has 0 fully saturated rings. The molecule has 0 amide bonds. The lowest BCUT2D eigenvalue weighted by Gasteiger charge is -2.03. The normalized spacial score (nSPS) is 10.1. The first-order valence-corrected chi connectivity index (χ1v) is 5.08. The summed E-state index contributed by atoms with van der Waals surface area (Å²) >= 11 is 5.80. The Morgan fingerprint density at radius 2 is 2.19 bits per heavy atom. The standard InChI is InChI=1S/C12H9ClO3/c13-9-2-1-3-10(6-9)15-8-12-5-4-11(7-14)16-12/h1-7H,8H2. The van der Waals surface area contributed by atoms with Crippen molar-refractivity contribution in [3.8, 4) is 5.75 Å². The summed E-state index contributed by atoms with van der Waals surface area (Å²) in [4.78, 5) is 10.4. The highest BCUT2D eigenvalue weighted by Crippen LogP contribution is 2.18. The Bertz CT molecular complexity index is 491. The summed E-state index contributed by atoms with van der Waals surface area (Å²) in [5, 5.41) is 0.616. The molecule has 0 radical (unpaired) electrons. The van der Waals surface area contributed by atoms with Gasteiger partial charge in [0.15, 0.2) is 12.0 Å². The summed E-state index contributed by atoms with van der Waals surface area (Å²) in [6.45, 7) is 0.272. The lowest BCUT2D eigenvalue weighted by Crippen LogP contribution is -1.93. The van der Waals surface area contributed by atoms with Crippen LogP contribution in [0.5, 0.6) is 5.75 Å². The van der Waals surface area contributed by atoms with E-state index in [1.807, 2.05) is 0 Å². The molecular weight excluding hydrogens is 228 g/mol. The van der Waals surface area contributed by atoms with Gasteiger partial charge in [-0.25, -0.2) is 0 Å². The third-order valence-electron chi connectivity index (χ3n) is 1.98. The van der Waals surface area contributed by atoms with Gasteiger partial charge in [0.05, 0.1) is 0 Å². The number of hydrogen-bond donors (Lipinski definition) is 0. The second-order valence-corrected chi connectivity index (χ2v) is 3.60. The van der Waals surface area contributed by atoms with Gasteiger partial charge in [-0.1, -0.05) is 17.7 Å². The molecule has 2 aromatic rings. The highest BCUT2D eigenvalue weighted by atomic mass is 35.5. The van der Waals surface area contributed by atoms with E-state index in [1.54, 1.807) is 36.4 Å². The Morgan fingerprint density at radius 1 is 1.31 bits per heavy atom. The number of halogens is 1. The largest absolute Gasteiger partial charge is 0.486 e. The number of rotatable bonds is 4.